The highest BCUT2D eigenvalue weighted by atomic mass is 32.2. The molecule has 1 amide bonds. The molecule has 0 bridgehead atoms. The van der Waals surface area contributed by atoms with E-state index in [0.29, 0.717) is 22.4 Å². The summed E-state index contributed by atoms with van der Waals surface area (Å²) in [6, 6.07) is 20.7. The largest absolute Gasteiger partial charge is 0.491 e. The van der Waals surface area contributed by atoms with Crippen molar-refractivity contribution in [1.82, 2.24) is 14.8 Å². The van der Waals surface area contributed by atoms with Gasteiger partial charge in [0.1, 0.15) is 5.75 Å². The van der Waals surface area contributed by atoms with Gasteiger partial charge in [0, 0.05) is 11.4 Å². The molecule has 0 aliphatic rings. The van der Waals surface area contributed by atoms with Gasteiger partial charge in [0.05, 0.1) is 18.1 Å². The third-order valence-corrected chi connectivity index (χ3v) is 5.16. The predicted molar refractivity (Wildman–Crippen MR) is 121 cm³/mol. The van der Waals surface area contributed by atoms with E-state index < -0.39 is 0 Å². The molecular formula is C23H22N4O3S. The van der Waals surface area contributed by atoms with Gasteiger partial charge < -0.3 is 14.5 Å². The fourth-order valence-corrected chi connectivity index (χ4v) is 3.71. The van der Waals surface area contributed by atoms with E-state index in [1.165, 1.54) is 11.8 Å². The van der Waals surface area contributed by atoms with Crippen LogP contribution in [0.4, 0.5) is 5.69 Å². The zero-order valence-electron chi connectivity index (χ0n) is 17.2. The number of nitrogens with zero attached hydrogens (tertiary/aromatic N) is 3. The van der Waals surface area contributed by atoms with Gasteiger partial charge in [0.15, 0.2) is 10.9 Å². The lowest BCUT2D eigenvalue weighted by atomic mass is 10.3. The Kier molecular flexibility index (Phi) is 6.37. The highest BCUT2D eigenvalue weighted by Gasteiger charge is 2.18. The van der Waals surface area contributed by atoms with Crippen LogP contribution in [-0.4, -0.2) is 32.5 Å². The number of carbonyl (C=O) groups is 1. The first kappa shape index (κ1) is 20.7. The summed E-state index contributed by atoms with van der Waals surface area (Å²) in [5, 5.41) is 12.1. The van der Waals surface area contributed by atoms with Crippen LogP contribution in [0, 0.1) is 0 Å². The molecule has 2 aromatic carbocycles. The number of aromatic nitrogens is 3. The van der Waals surface area contributed by atoms with Crippen LogP contribution in [0.2, 0.25) is 0 Å². The average Bonchev–Trinajstić information content (AvgIpc) is 3.43. The molecule has 1 N–H and O–H groups in total. The highest BCUT2D eigenvalue weighted by Crippen LogP contribution is 2.28. The van der Waals surface area contributed by atoms with Crippen LogP contribution >= 0.6 is 11.8 Å². The van der Waals surface area contributed by atoms with Crippen LogP contribution < -0.4 is 10.1 Å². The van der Waals surface area contributed by atoms with E-state index in [0.717, 1.165) is 11.4 Å². The number of amides is 1. The van der Waals surface area contributed by atoms with E-state index in [1.54, 1.807) is 12.3 Å². The Morgan fingerprint density at radius 3 is 2.52 bits per heavy atom. The summed E-state index contributed by atoms with van der Waals surface area (Å²) < 4.78 is 13.0. The third-order valence-electron chi connectivity index (χ3n) is 4.23. The number of furan rings is 1. The quantitative estimate of drug-likeness (QED) is 0.391. The number of rotatable bonds is 8. The molecule has 31 heavy (non-hydrogen) atoms. The second-order valence-corrected chi connectivity index (χ2v) is 7.92. The SMILES string of the molecule is CC(C)Oc1ccc(NC(=O)CSc2nnc(-c3ccco3)n2-c2ccccc2)cc1. The Morgan fingerprint density at radius 2 is 1.84 bits per heavy atom. The standard InChI is InChI=1S/C23H22N4O3S/c1-16(2)30-19-12-10-17(11-13-19)24-21(28)15-31-23-26-25-22(20-9-6-14-29-20)27(23)18-7-4-3-5-8-18/h3-14,16H,15H2,1-2H3,(H,24,28). The Balaban J connectivity index is 1.46. The molecule has 0 saturated heterocycles. The number of carbonyl (C=O) groups excluding carboxylic acids is 1. The summed E-state index contributed by atoms with van der Waals surface area (Å²) in [6.07, 6.45) is 1.70. The van der Waals surface area contributed by atoms with Crippen LogP contribution in [0.15, 0.2) is 82.6 Å². The fraction of sp³-hybridized carbons (Fsp3) is 0.174. The Morgan fingerprint density at radius 1 is 1.06 bits per heavy atom. The van der Waals surface area contributed by atoms with E-state index in [1.807, 2.05) is 79.1 Å². The first-order chi connectivity index (χ1) is 15.1. The zero-order valence-corrected chi connectivity index (χ0v) is 18.0. The number of nitrogens with one attached hydrogen (secondary N) is 1. The number of thioether (sulfide) groups is 1. The van der Waals surface area contributed by atoms with Crippen molar-refractivity contribution < 1.29 is 13.9 Å². The molecule has 0 aliphatic heterocycles. The molecule has 7 nitrogen and oxygen atoms in total. The first-order valence-electron chi connectivity index (χ1n) is 9.84. The van der Waals surface area contributed by atoms with Crippen LogP contribution in [0.5, 0.6) is 5.75 Å². The number of ether oxygens (including phenoxy) is 1. The third kappa shape index (κ3) is 5.16. The van der Waals surface area contributed by atoms with E-state index in [-0.39, 0.29) is 17.8 Å². The lowest BCUT2D eigenvalue weighted by molar-refractivity contribution is -0.113. The first-order valence-corrected chi connectivity index (χ1v) is 10.8. The molecule has 8 heteroatoms. The maximum absolute atomic E-state index is 12.5. The Bertz CT molecular complexity index is 1120. The van der Waals surface area contributed by atoms with Crippen LogP contribution in [0.3, 0.4) is 0 Å². The zero-order chi connectivity index (χ0) is 21.6. The molecule has 0 radical (unpaired) electrons. The van der Waals surface area contributed by atoms with Crippen LogP contribution in [0.25, 0.3) is 17.3 Å². The van der Waals surface area contributed by atoms with Gasteiger partial charge in [-0.3, -0.25) is 9.36 Å². The van der Waals surface area contributed by atoms with E-state index >= 15 is 0 Å². The summed E-state index contributed by atoms with van der Waals surface area (Å²) in [5.74, 6) is 2.01. The average molecular weight is 435 g/mol. The van der Waals surface area contributed by atoms with Gasteiger partial charge in [-0.15, -0.1) is 10.2 Å². The number of para-hydroxylation sites is 1. The van der Waals surface area contributed by atoms with Crippen molar-refractivity contribution in [1.29, 1.82) is 0 Å². The lowest BCUT2D eigenvalue weighted by Crippen LogP contribution is -2.14. The second kappa shape index (κ2) is 9.53. The molecule has 158 valence electrons. The minimum absolute atomic E-state index is 0.102. The molecule has 0 aliphatic carbocycles. The van der Waals surface area contributed by atoms with Gasteiger partial charge in [0.25, 0.3) is 0 Å². The second-order valence-electron chi connectivity index (χ2n) is 6.98. The molecule has 0 atom stereocenters. The van der Waals surface area contributed by atoms with Crippen molar-refractivity contribution >= 4 is 23.4 Å². The molecule has 4 aromatic rings. The molecule has 0 saturated carbocycles. The Labute approximate surface area is 184 Å². The predicted octanol–water partition coefficient (Wildman–Crippen LogP) is 5.05. The summed E-state index contributed by atoms with van der Waals surface area (Å²) >= 11 is 1.31. The number of anilines is 1. The van der Waals surface area contributed by atoms with Crippen molar-refractivity contribution in [3.63, 3.8) is 0 Å². The minimum Gasteiger partial charge on any atom is -0.491 e. The number of hydrogen-bond donors (Lipinski definition) is 1. The van der Waals surface area contributed by atoms with Crippen molar-refractivity contribution in [3.05, 3.63) is 73.0 Å². The van der Waals surface area contributed by atoms with E-state index in [9.17, 15) is 4.79 Å². The number of benzene rings is 2. The van der Waals surface area contributed by atoms with Crippen molar-refractivity contribution in [2.75, 3.05) is 11.1 Å². The van der Waals surface area contributed by atoms with Gasteiger partial charge in [-0.2, -0.15) is 0 Å². The maximum Gasteiger partial charge on any atom is 0.234 e. The normalized spacial score (nSPS) is 10.9. The van der Waals surface area contributed by atoms with Crippen molar-refractivity contribution in [2.45, 2.75) is 25.1 Å². The van der Waals surface area contributed by atoms with Gasteiger partial charge in [0.2, 0.25) is 11.7 Å². The molecule has 4 rings (SSSR count). The summed E-state index contributed by atoms with van der Waals surface area (Å²) in [4.78, 5) is 12.5. The molecule has 0 fully saturated rings. The summed E-state index contributed by atoms with van der Waals surface area (Å²) in [6.45, 7) is 3.94. The topological polar surface area (TPSA) is 82.2 Å². The highest BCUT2D eigenvalue weighted by molar-refractivity contribution is 7.99. The smallest absolute Gasteiger partial charge is 0.234 e. The number of hydrogen-bond acceptors (Lipinski definition) is 6. The molecular weight excluding hydrogens is 412 g/mol. The Hall–Kier alpha value is -3.52. The van der Waals surface area contributed by atoms with Gasteiger partial charge in [-0.25, -0.2) is 0 Å². The molecule has 0 unspecified atom stereocenters. The minimum atomic E-state index is -0.135. The lowest BCUT2D eigenvalue weighted by Gasteiger charge is -2.11. The van der Waals surface area contributed by atoms with Crippen molar-refractivity contribution in [3.8, 4) is 23.0 Å². The van der Waals surface area contributed by atoms with E-state index in [4.69, 9.17) is 9.15 Å². The van der Waals surface area contributed by atoms with Gasteiger partial charge in [-0.05, 0) is 62.4 Å². The molecule has 2 aromatic heterocycles. The molecule has 0 spiro atoms. The van der Waals surface area contributed by atoms with Gasteiger partial charge >= 0.3 is 0 Å². The van der Waals surface area contributed by atoms with Gasteiger partial charge in [-0.1, -0.05) is 30.0 Å². The van der Waals surface area contributed by atoms with Crippen LogP contribution in [-0.2, 0) is 4.79 Å². The maximum atomic E-state index is 12.5. The molecule has 2 heterocycles. The monoisotopic (exact) mass is 434 g/mol. The summed E-state index contributed by atoms with van der Waals surface area (Å²) in [7, 11) is 0. The summed E-state index contributed by atoms with van der Waals surface area (Å²) in [5.41, 5.74) is 1.60. The van der Waals surface area contributed by atoms with E-state index in [2.05, 4.69) is 15.5 Å². The van der Waals surface area contributed by atoms with Crippen LogP contribution in [0.1, 0.15) is 13.8 Å². The van der Waals surface area contributed by atoms with Crippen molar-refractivity contribution in [2.24, 2.45) is 0 Å². The fourth-order valence-electron chi connectivity index (χ4n) is 2.95.